The molecule has 0 unspecified atom stereocenters. The molecule has 0 bridgehead atoms. The fourth-order valence-electron chi connectivity index (χ4n) is 2.87. The first kappa shape index (κ1) is 14.3. The third kappa shape index (κ3) is 3.93. The number of hydrogen-bond acceptors (Lipinski definition) is 3. The average Bonchev–Trinajstić information content (AvgIpc) is 2.46. The van der Waals surface area contributed by atoms with Crippen molar-refractivity contribution in [2.24, 2.45) is 0 Å². The van der Waals surface area contributed by atoms with Crippen LogP contribution < -0.4 is 10.2 Å². The van der Waals surface area contributed by atoms with E-state index in [1.54, 1.807) is 0 Å². The van der Waals surface area contributed by atoms with Crippen LogP contribution in [-0.2, 0) is 0 Å². The second-order valence-corrected chi connectivity index (χ2v) is 5.76. The molecule has 0 radical (unpaired) electrons. The van der Waals surface area contributed by atoms with Crippen LogP contribution in [0.3, 0.4) is 0 Å². The maximum absolute atomic E-state index is 4.53. The average molecular weight is 261 g/mol. The van der Waals surface area contributed by atoms with E-state index in [1.807, 2.05) is 6.20 Å². The summed E-state index contributed by atoms with van der Waals surface area (Å²) in [7, 11) is 2.18. The maximum Gasteiger partial charge on any atom is 0.128 e. The molecule has 106 valence electrons. The highest BCUT2D eigenvalue weighted by Gasteiger charge is 2.24. The number of rotatable bonds is 5. The number of nitrogens with one attached hydrogen (secondary N) is 1. The second-order valence-electron chi connectivity index (χ2n) is 5.76. The smallest absolute Gasteiger partial charge is 0.128 e. The normalized spacial score (nSPS) is 23.3. The zero-order valence-electron chi connectivity index (χ0n) is 12.5. The highest BCUT2D eigenvalue weighted by atomic mass is 15.2. The van der Waals surface area contributed by atoms with Crippen molar-refractivity contribution in [2.45, 2.75) is 58.0 Å². The number of hydrogen-bond donors (Lipinski definition) is 1. The Hall–Kier alpha value is -1.09. The van der Waals surface area contributed by atoms with Crippen LogP contribution in [0.1, 0.15) is 44.6 Å². The molecule has 1 aliphatic carbocycles. The van der Waals surface area contributed by atoms with E-state index in [9.17, 15) is 0 Å². The first-order chi connectivity index (χ1) is 9.20. The van der Waals surface area contributed by atoms with Crippen molar-refractivity contribution >= 4 is 5.82 Å². The lowest BCUT2D eigenvalue weighted by atomic mass is 9.90. The van der Waals surface area contributed by atoms with Crippen molar-refractivity contribution in [2.75, 3.05) is 18.5 Å². The van der Waals surface area contributed by atoms with E-state index in [-0.39, 0.29) is 0 Å². The van der Waals surface area contributed by atoms with Gasteiger partial charge in [0, 0.05) is 25.3 Å². The minimum atomic E-state index is 0.648. The summed E-state index contributed by atoms with van der Waals surface area (Å²) in [6, 6.07) is 5.66. The summed E-state index contributed by atoms with van der Waals surface area (Å²) in [5, 5.41) is 3.64. The molecule has 2 rings (SSSR count). The number of aromatic nitrogens is 1. The van der Waals surface area contributed by atoms with Gasteiger partial charge in [-0.15, -0.1) is 0 Å². The van der Waals surface area contributed by atoms with Gasteiger partial charge in [0.15, 0.2) is 0 Å². The Morgan fingerprint density at radius 1 is 1.26 bits per heavy atom. The Balaban J connectivity index is 1.85. The van der Waals surface area contributed by atoms with Gasteiger partial charge in [-0.2, -0.15) is 0 Å². The molecule has 0 spiro atoms. The fourth-order valence-corrected chi connectivity index (χ4v) is 2.87. The van der Waals surface area contributed by atoms with Crippen molar-refractivity contribution in [3.05, 3.63) is 23.9 Å². The maximum atomic E-state index is 4.53. The summed E-state index contributed by atoms with van der Waals surface area (Å²) in [5.74, 6) is 1.11. The van der Waals surface area contributed by atoms with E-state index in [0.29, 0.717) is 6.04 Å². The lowest BCUT2D eigenvalue weighted by Gasteiger charge is -2.35. The summed E-state index contributed by atoms with van der Waals surface area (Å²) in [5.41, 5.74) is 1.23. The van der Waals surface area contributed by atoms with E-state index in [2.05, 4.69) is 48.2 Å². The van der Waals surface area contributed by atoms with Gasteiger partial charge in [-0.1, -0.05) is 13.0 Å². The third-order valence-corrected chi connectivity index (χ3v) is 4.18. The van der Waals surface area contributed by atoms with Gasteiger partial charge < -0.3 is 10.2 Å². The SMILES string of the molecule is CCCNC1CCC(N(C)c2ccc(C)cn2)CC1. The summed E-state index contributed by atoms with van der Waals surface area (Å²) in [4.78, 5) is 6.89. The largest absolute Gasteiger partial charge is 0.357 e. The third-order valence-electron chi connectivity index (χ3n) is 4.18. The Kier molecular flexibility index (Phi) is 5.20. The van der Waals surface area contributed by atoms with Crippen LogP contribution in [-0.4, -0.2) is 30.7 Å². The van der Waals surface area contributed by atoms with Crippen LogP contribution in [0.15, 0.2) is 18.3 Å². The van der Waals surface area contributed by atoms with Gasteiger partial charge >= 0.3 is 0 Å². The van der Waals surface area contributed by atoms with E-state index in [4.69, 9.17) is 0 Å². The van der Waals surface area contributed by atoms with E-state index >= 15 is 0 Å². The predicted octanol–water partition coefficient (Wildman–Crippen LogP) is 3.14. The highest BCUT2D eigenvalue weighted by Crippen LogP contribution is 2.25. The monoisotopic (exact) mass is 261 g/mol. The summed E-state index contributed by atoms with van der Waals surface area (Å²) < 4.78 is 0. The molecule has 1 aromatic rings. The van der Waals surface area contributed by atoms with Crippen LogP contribution in [0.4, 0.5) is 5.82 Å². The highest BCUT2D eigenvalue weighted by molar-refractivity contribution is 5.39. The summed E-state index contributed by atoms with van der Waals surface area (Å²) in [6.45, 7) is 5.47. The number of nitrogens with zero attached hydrogens (tertiary/aromatic N) is 2. The molecule has 1 N–H and O–H groups in total. The molecule has 19 heavy (non-hydrogen) atoms. The molecule has 1 aromatic heterocycles. The molecule has 3 nitrogen and oxygen atoms in total. The van der Waals surface area contributed by atoms with Gasteiger partial charge in [0.1, 0.15) is 5.82 Å². The van der Waals surface area contributed by atoms with Gasteiger partial charge in [0.05, 0.1) is 0 Å². The van der Waals surface area contributed by atoms with Gasteiger partial charge in [-0.05, 0) is 57.2 Å². The number of pyridine rings is 1. The predicted molar refractivity (Wildman–Crippen MR) is 81.7 cm³/mol. The van der Waals surface area contributed by atoms with E-state index in [1.165, 1.54) is 37.7 Å². The summed E-state index contributed by atoms with van der Waals surface area (Å²) in [6.07, 6.45) is 8.32. The van der Waals surface area contributed by atoms with Crippen LogP contribution >= 0.6 is 0 Å². The molecule has 1 heterocycles. The number of aryl methyl sites for hydroxylation is 1. The molecule has 1 fully saturated rings. The number of anilines is 1. The molecule has 1 saturated carbocycles. The summed E-state index contributed by atoms with van der Waals surface area (Å²) >= 11 is 0. The van der Waals surface area contributed by atoms with Crippen LogP contribution in [0, 0.1) is 6.92 Å². The van der Waals surface area contributed by atoms with Crippen LogP contribution in [0.25, 0.3) is 0 Å². The first-order valence-electron chi connectivity index (χ1n) is 7.59. The topological polar surface area (TPSA) is 28.2 Å². The molecular weight excluding hydrogens is 234 g/mol. The fraction of sp³-hybridized carbons (Fsp3) is 0.688. The molecule has 3 heteroatoms. The molecule has 0 saturated heterocycles. The van der Waals surface area contributed by atoms with Gasteiger partial charge in [0.2, 0.25) is 0 Å². The van der Waals surface area contributed by atoms with Crippen molar-refractivity contribution < 1.29 is 0 Å². The van der Waals surface area contributed by atoms with E-state index < -0.39 is 0 Å². The molecule has 0 amide bonds. The van der Waals surface area contributed by atoms with Crippen molar-refractivity contribution in [1.29, 1.82) is 0 Å². The molecule has 1 aliphatic rings. The van der Waals surface area contributed by atoms with Crippen molar-refractivity contribution in [3.63, 3.8) is 0 Å². The van der Waals surface area contributed by atoms with Gasteiger partial charge in [0.25, 0.3) is 0 Å². The Labute approximate surface area is 117 Å². The zero-order chi connectivity index (χ0) is 13.7. The quantitative estimate of drug-likeness (QED) is 0.882. The van der Waals surface area contributed by atoms with E-state index in [0.717, 1.165) is 18.4 Å². The standard InChI is InChI=1S/C16H27N3/c1-4-11-17-14-6-8-15(9-7-14)19(3)16-10-5-13(2)12-18-16/h5,10,12,14-15,17H,4,6-9,11H2,1-3H3. The second kappa shape index (κ2) is 6.90. The van der Waals surface area contributed by atoms with Crippen LogP contribution in [0.5, 0.6) is 0 Å². The van der Waals surface area contributed by atoms with Gasteiger partial charge in [-0.3, -0.25) is 0 Å². The first-order valence-corrected chi connectivity index (χ1v) is 7.59. The Morgan fingerprint density at radius 3 is 2.58 bits per heavy atom. The molecular formula is C16H27N3. The molecule has 0 aromatic carbocycles. The Bertz CT molecular complexity index is 366. The van der Waals surface area contributed by atoms with Crippen molar-refractivity contribution in [3.8, 4) is 0 Å². The van der Waals surface area contributed by atoms with Gasteiger partial charge in [-0.25, -0.2) is 4.98 Å². The lowest BCUT2D eigenvalue weighted by molar-refractivity contribution is 0.337. The van der Waals surface area contributed by atoms with Crippen LogP contribution in [0.2, 0.25) is 0 Å². The lowest BCUT2D eigenvalue weighted by Crippen LogP contribution is -2.41. The minimum absolute atomic E-state index is 0.648. The zero-order valence-corrected chi connectivity index (χ0v) is 12.5. The minimum Gasteiger partial charge on any atom is -0.357 e. The molecule has 0 aliphatic heterocycles. The van der Waals surface area contributed by atoms with Crippen molar-refractivity contribution in [1.82, 2.24) is 10.3 Å². The molecule has 0 atom stereocenters. The Morgan fingerprint density at radius 2 is 2.00 bits per heavy atom.